The normalized spacial score (nSPS) is 42.9. The largest absolute Gasteiger partial charge is 0.390 e. The lowest BCUT2D eigenvalue weighted by Gasteiger charge is -2.61. The number of carbonyl (C=O) groups excluding carboxylic acids is 3. The summed E-state index contributed by atoms with van der Waals surface area (Å²) in [4.78, 5) is 39.8. The molecule has 12 aliphatic carbocycles. The van der Waals surface area contributed by atoms with Gasteiger partial charge in [-0.1, -0.05) is 99.7 Å². The topological polar surface area (TPSA) is 176 Å². The van der Waals surface area contributed by atoms with Crippen LogP contribution < -0.4 is 0 Å². The number of aliphatic hydroxyl groups is 3. The first-order chi connectivity index (χ1) is 48.8. The fourth-order valence-corrected chi connectivity index (χ4v) is 28.7. The average Bonchev–Trinajstić information content (AvgIpc) is 1.36. The van der Waals surface area contributed by atoms with Crippen LogP contribution in [0.4, 0.5) is 0 Å². The predicted molar refractivity (Wildman–Crippen MR) is 424 cm³/mol. The summed E-state index contributed by atoms with van der Waals surface area (Å²) in [5.41, 5.74) is 3.14. The van der Waals surface area contributed by atoms with Crippen molar-refractivity contribution in [2.45, 2.75) is 273 Å². The predicted octanol–water partition coefficient (Wildman–Crippen LogP) is 21.6. The van der Waals surface area contributed by atoms with Crippen LogP contribution in [0.3, 0.4) is 0 Å². The van der Waals surface area contributed by atoms with E-state index in [-0.39, 0.29) is 41.4 Å². The van der Waals surface area contributed by atoms with Crippen LogP contribution in [0.25, 0.3) is 32.7 Å². The molecule has 0 aliphatic heterocycles. The molecule has 3 aromatic carbocycles. The van der Waals surface area contributed by atoms with Gasteiger partial charge in [0.2, 0.25) is 0 Å². The van der Waals surface area contributed by atoms with Gasteiger partial charge < -0.3 is 15.3 Å². The molecule has 568 valence electrons. The van der Waals surface area contributed by atoms with Crippen LogP contribution in [-0.2, 0) is 27.5 Å². The van der Waals surface area contributed by atoms with Crippen LogP contribution in [-0.4, -0.2) is 84.6 Å². The van der Waals surface area contributed by atoms with E-state index in [4.69, 9.17) is 34.8 Å². The summed E-state index contributed by atoms with van der Waals surface area (Å²) in [6.45, 7) is 21.8. The number of ketones is 3. The molecule has 12 aliphatic rings. The second-order valence-electron chi connectivity index (χ2n) is 38.8. The Labute approximate surface area is 643 Å². The van der Waals surface area contributed by atoms with Gasteiger partial charge >= 0.3 is 0 Å². The van der Waals surface area contributed by atoms with Gasteiger partial charge in [0.25, 0.3) is 0 Å². The summed E-state index contributed by atoms with van der Waals surface area (Å²) < 4.78 is 3.70. The number of carbonyl (C=O) groups is 3. The summed E-state index contributed by atoms with van der Waals surface area (Å²) in [5, 5.41) is 53.7. The van der Waals surface area contributed by atoms with Gasteiger partial charge in [0.1, 0.15) is 12.3 Å². The molecule has 104 heavy (non-hydrogen) atoms. The van der Waals surface area contributed by atoms with E-state index >= 15 is 0 Å². The Hall–Kier alpha value is -3.69. The van der Waals surface area contributed by atoms with Crippen LogP contribution in [0.2, 0.25) is 15.1 Å². The zero-order valence-corrected chi connectivity index (χ0v) is 67.0. The van der Waals surface area contributed by atoms with Gasteiger partial charge in [-0.3, -0.25) is 28.8 Å². The number of halogens is 4. The van der Waals surface area contributed by atoms with Crippen LogP contribution in [0.1, 0.15) is 243 Å². The van der Waals surface area contributed by atoms with Crippen molar-refractivity contribution >= 4 is 101 Å². The van der Waals surface area contributed by atoms with E-state index in [1.807, 2.05) is 97.1 Å². The second kappa shape index (κ2) is 28.6. The molecule has 18 rings (SSSR count). The Kier molecular flexibility index (Phi) is 21.2. The fourth-order valence-electron chi connectivity index (χ4n) is 27.7. The highest BCUT2D eigenvalue weighted by Gasteiger charge is 2.65. The molecule has 4 N–H and O–H groups in total. The number of rotatable bonds is 8. The van der Waals surface area contributed by atoms with Gasteiger partial charge in [0.15, 0.2) is 11.6 Å². The number of fused-ring (bicyclic) bond motifs is 18. The first kappa shape index (κ1) is 77.1. The molecule has 0 saturated heterocycles. The first-order valence-electron chi connectivity index (χ1n) is 40.4. The van der Waals surface area contributed by atoms with Crippen molar-refractivity contribution in [3.05, 3.63) is 88.3 Å². The summed E-state index contributed by atoms with van der Waals surface area (Å²) in [5.74, 6) is 10.5. The van der Waals surface area contributed by atoms with E-state index in [1.165, 1.54) is 103 Å². The summed E-state index contributed by atoms with van der Waals surface area (Å²) in [6, 6.07) is 17.1. The molecule has 0 spiro atoms. The Bertz CT molecular complexity index is 4150. The molecular weight excluding hydrogens is 1420 g/mol. The number of hydrogen-bond donors (Lipinski definition) is 4. The number of aromatic nitrogens is 6. The van der Waals surface area contributed by atoms with Crippen LogP contribution in [0, 0.1) is 121 Å². The summed E-state index contributed by atoms with van der Waals surface area (Å²) >= 11 is 21.4. The lowest BCUT2D eigenvalue weighted by atomic mass is 9.44. The van der Waals surface area contributed by atoms with Gasteiger partial charge in [-0.2, -0.15) is 15.3 Å². The smallest absolute Gasteiger partial charge is 0.157 e. The SMILES string of the molecule is C.C[C@@]1(O)CC[C@@]2(C)[C@@H](CC[C@@H]3[C@@H]2CC[C@]2(C)[C@@H](C(=O)CBr)CC[C@@H]32)C1.C[C@@]1(O)CC[C@@]2(C)[C@@H](CC[C@@H]3[C@@H]2CC[C@]2(C)[C@@H](C(=O)Cn4cc5cc(Cl)ccc5n4)CC[C@@H]32)C1.C[C@@]1(O)CC[C@@]2(C)[C@@H](CC[C@@H]3[C@@H]2CC[C@]2(C)[C@@H](C(=O)Cn4ncc5cc(Cl)ccc54)CC[C@@H]32)C1.Clc1ccc2[nH]ncc2c1. The van der Waals surface area contributed by atoms with E-state index in [2.05, 4.69) is 77.9 Å². The lowest BCUT2D eigenvalue weighted by molar-refractivity contribution is -0.151. The summed E-state index contributed by atoms with van der Waals surface area (Å²) in [7, 11) is 0. The third kappa shape index (κ3) is 13.7. The third-order valence-electron chi connectivity index (χ3n) is 33.3. The van der Waals surface area contributed by atoms with Crippen LogP contribution in [0.5, 0.6) is 0 Å². The van der Waals surface area contributed by atoms with Crippen molar-refractivity contribution < 1.29 is 29.7 Å². The maximum Gasteiger partial charge on any atom is 0.157 e. The Morgan fingerprint density at radius 2 is 0.865 bits per heavy atom. The fraction of sp³-hybridized carbons (Fsp3) is 0.727. The molecule has 12 fully saturated rings. The maximum absolute atomic E-state index is 13.7. The number of alkyl halides is 1. The monoisotopic (exact) mass is 1540 g/mol. The van der Waals surface area contributed by atoms with Crippen molar-refractivity contribution in [1.29, 1.82) is 0 Å². The molecule has 24 atom stereocenters. The number of H-pyrrole nitrogens is 1. The second-order valence-corrected chi connectivity index (χ2v) is 40.6. The molecule has 0 amide bonds. The maximum atomic E-state index is 13.7. The average molecular weight is 1550 g/mol. The van der Waals surface area contributed by atoms with E-state index in [9.17, 15) is 29.7 Å². The van der Waals surface area contributed by atoms with Crippen LogP contribution in [0.15, 0.2) is 73.2 Å². The van der Waals surface area contributed by atoms with Crippen molar-refractivity contribution in [3.8, 4) is 0 Å². The molecule has 0 radical (unpaired) electrons. The number of hydrogen-bond acceptors (Lipinski definition) is 9. The van der Waals surface area contributed by atoms with E-state index < -0.39 is 16.8 Å². The Morgan fingerprint density at radius 3 is 1.33 bits per heavy atom. The number of benzene rings is 3. The first-order valence-corrected chi connectivity index (χ1v) is 42.7. The Balaban J connectivity index is 0.000000124. The third-order valence-corrected chi connectivity index (χ3v) is 34.6. The standard InChI is InChI=1S/2C29H39ClN2O2.C22H35BrO2.C7H5ClN2.CH4/c1-27(34)12-13-28(2)19(15-27)4-6-21-22-7-8-24(29(22,3)11-10-23(21)28)26(33)17-32-16-18-14-20(30)5-9-25(18)31-32;1-27(34)12-13-28(2)19(15-27)4-6-21-22-7-8-24(29(22,3)11-10-23(21)28)26(33)17-32-25-9-5-20(30)14-18(25)16-31-32;1-20(25)10-11-21(2)14(12-20)4-5-15-16-6-7-18(19(24)13-23)22(16,3)9-8-17(15)21;8-6-1-2-7-5(3-6)4-9-10-7;/h2*5,9,14,16,19,21-24,34H,4,6-8,10-13,15,17H2,1-3H3;14-18,25H,4-13H2,1-3H3;1-4H,(H,9,10);1H4/t2*19-,21-,22-,23-,24+,27+,28-,29-;14-,15-,16-,17-,18+,20+,21-,22-;;/m000../s1. The van der Waals surface area contributed by atoms with Gasteiger partial charge in [-0.15, -0.1) is 0 Å². The van der Waals surface area contributed by atoms with Gasteiger partial charge in [-0.25, -0.2) is 0 Å². The molecular formula is C88H122BrCl3N6O6. The Morgan fingerprint density at radius 1 is 0.462 bits per heavy atom. The number of aromatic amines is 1. The molecule has 16 heteroatoms. The van der Waals surface area contributed by atoms with Crippen molar-refractivity contribution in [2.24, 2.45) is 121 Å². The molecule has 12 saturated carbocycles. The van der Waals surface area contributed by atoms with Crippen molar-refractivity contribution in [1.82, 2.24) is 29.8 Å². The molecule has 3 heterocycles. The van der Waals surface area contributed by atoms with Crippen molar-refractivity contribution in [2.75, 3.05) is 5.33 Å². The van der Waals surface area contributed by atoms with E-state index in [1.54, 1.807) is 6.20 Å². The lowest BCUT2D eigenvalue weighted by Crippen LogP contribution is -2.55. The molecule has 3 aromatic heterocycles. The molecule has 0 bridgehead atoms. The minimum Gasteiger partial charge on any atom is -0.390 e. The van der Waals surface area contributed by atoms with E-state index in [0.29, 0.717) is 91.6 Å². The highest BCUT2D eigenvalue weighted by Crippen LogP contribution is 2.72. The quantitative estimate of drug-likeness (QED) is 0.108. The van der Waals surface area contributed by atoms with Gasteiger partial charge in [0.05, 0.1) is 57.6 Å². The summed E-state index contributed by atoms with van der Waals surface area (Å²) in [6.07, 6.45) is 36.7. The number of nitrogens with zero attached hydrogens (tertiary/aromatic N) is 5. The zero-order chi connectivity index (χ0) is 72.8. The molecule has 0 unspecified atom stereocenters. The highest BCUT2D eigenvalue weighted by atomic mass is 79.9. The highest BCUT2D eigenvalue weighted by molar-refractivity contribution is 9.09. The molecule has 12 nitrogen and oxygen atoms in total. The van der Waals surface area contributed by atoms with E-state index in [0.717, 1.165) is 150 Å². The minimum absolute atomic E-state index is 0. The molecule has 6 aromatic rings. The van der Waals surface area contributed by atoms with Gasteiger partial charge in [-0.05, 0) is 352 Å². The number of nitrogens with one attached hydrogen (secondary N) is 1. The minimum atomic E-state index is -0.479. The van der Waals surface area contributed by atoms with Crippen LogP contribution >= 0.6 is 50.7 Å². The van der Waals surface area contributed by atoms with Crippen molar-refractivity contribution in [3.63, 3.8) is 0 Å². The zero-order valence-electron chi connectivity index (χ0n) is 63.1. The van der Waals surface area contributed by atoms with Gasteiger partial charge in [0, 0.05) is 55.2 Å². The number of Topliss-reactive ketones (excluding diaryl/α,β-unsaturated/α-hetero) is 3.